The van der Waals surface area contributed by atoms with Crippen molar-refractivity contribution in [2.75, 3.05) is 51.9 Å². The Morgan fingerprint density at radius 1 is 0.791 bits per heavy atom. The molecule has 15 atom stereocenters. The second kappa shape index (κ2) is 21.1. The van der Waals surface area contributed by atoms with Gasteiger partial charge < -0.3 is 54.6 Å². The molecule has 67 heavy (non-hydrogen) atoms. The Morgan fingerprint density at radius 3 is 2.07 bits per heavy atom. The fourth-order valence-corrected chi connectivity index (χ4v) is 14.5. The topological polar surface area (TPSA) is 217 Å². The van der Waals surface area contributed by atoms with Crippen LogP contribution in [0.15, 0.2) is 48.6 Å². The average Bonchev–Trinajstić information content (AvgIpc) is 4.07. The van der Waals surface area contributed by atoms with E-state index in [9.17, 15) is 34.2 Å². The predicted molar refractivity (Wildman–Crippen MR) is 247 cm³/mol. The predicted octanol–water partition coefficient (Wildman–Crippen LogP) is 4.23. The zero-order valence-electron chi connectivity index (χ0n) is 39.0. The molecule has 4 aliphatic carbocycles. The van der Waals surface area contributed by atoms with Gasteiger partial charge in [-0.3, -0.25) is 9.59 Å². The molecule has 370 valence electrons. The smallest absolute Gasteiger partial charge is 0.334 e. The van der Waals surface area contributed by atoms with Crippen LogP contribution in [0, 0.1) is 40.9 Å². The second-order valence-electron chi connectivity index (χ2n) is 20.4. The quantitative estimate of drug-likeness (QED) is 0.0272. The van der Waals surface area contributed by atoms with Crippen molar-refractivity contribution in [3.63, 3.8) is 0 Å². The fourth-order valence-electron chi connectivity index (χ4n) is 12.9. The highest BCUT2D eigenvalue weighted by atomic mass is 32.2. The number of aliphatic hydroxyl groups excluding tert-OH is 1. The number of hydrogen-bond acceptors (Lipinski definition) is 14. The van der Waals surface area contributed by atoms with Crippen LogP contribution < -0.4 is 16.0 Å². The van der Waals surface area contributed by atoms with Crippen LogP contribution in [-0.4, -0.2) is 139 Å². The van der Waals surface area contributed by atoms with Gasteiger partial charge in [-0.15, -0.1) is 0 Å². The van der Waals surface area contributed by atoms with Crippen molar-refractivity contribution in [3.8, 4) is 0 Å². The third-order valence-corrected chi connectivity index (χ3v) is 18.2. The summed E-state index contributed by atoms with van der Waals surface area (Å²) in [5, 5.41) is 33.6. The van der Waals surface area contributed by atoms with Gasteiger partial charge in [-0.2, -0.15) is 11.8 Å². The molecule has 0 unspecified atom stereocenters. The number of fused-ring (bicyclic) bond motifs is 7. The zero-order chi connectivity index (χ0) is 47.6. The molecule has 0 bridgehead atoms. The van der Waals surface area contributed by atoms with Crippen LogP contribution in [0.25, 0.3) is 0 Å². The molecule has 0 radical (unpaired) electrons. The van der Waals surface area contributed by atoms with Gasteiger partial charge >= 0.3 is 23.9 Å². The van der Waals surface area contributed by atoms with E-state index in [1.54, 1.807) is 0 Å². The van der Waals surface area contributed by atoms with Gasteiger partial charge in [0.05, 0.1) is 69.9 Å². The van der Waals surface area contributed by atoms with E-state index < -0.39 is 59.3 Å². The number of ether oxygens (including phenoxy) is 6. The molecule has 0 aromatic rings. The molecular formula is C50H71N3O13S. The fraction of sp³-hybridized carbons (Fsp3) is 0.740. The third-order valence-electron chi connectivity index (χ3n) is 16.7. The third kappa shape index (κ3) is 10.3. The van der Waals surface area contributed by atoms with Crippen LogP contribution in [0.4, 0.5) is 4.79 Å². The van der Waals surface area contributed by atoms with Crippen LogP contribution in [0.2, 0.25) is 0 Å². The monoisotopic (exact) mass is 953 g/mol. The summed E-state index contributed by atoms with van der Waals surface area (Å²) in [7, 11) is 0. The number of allylic oxidation sites excluding steroid dienone is 2. The van der Waals surface area contributed by atoms with E-state index in [1.165, 1.54) is 0 Å². The SMILES string of the molecule is C=C1C(=O)O[C@@H]2[C@@H]3[C@@H](C[C@H](OC(=O)CCOCCOCCOCCNC(=O)CCCC[C@@H]4SC[C@@H]5NC(=O)N[C@@H]54)[C@]3(C)CC[C@]3(O)[C@@H]4[C@H]5OC(=O)C(=C)[C@@H]5CCC(=C)[C@@H]4C[C@H]3O)C(=C)CC[C@@H]12. The molecule has 3 amide bonds. The minimum atomic E-state index is -1.64. The Morgan fingerprint density at radius 2 is 1.40 bits per heavy atom. The number of unbranched alkanes of at least 4 members (excludes halogenated alkanes) is 1. The number of carbonyl (C=O) groups excluding carboxylic acids is 5. The van der Waals surface area contributed by atoms with Crippen molar-refractivity contribution >= 4 is 41.6 Å². The number of rotatable bonds is 21. The molecule has 0 aromatic heterocycles. The van der Waals surface area contributed by atoms with E-state index >= 15 is 0 Å². The van der Waals surface area contributed by atoms with E-state index in [1.807, 2.05) is 18.7 Å². The summed E-state index contributed by atoms with van der Waals surface area (Å²) in [4.78, 5) is 63.2. The van der Waals surface area contributed by atoms with E-state index in [0.29, 0.717) is 101 Å². The number of amides is 3. The summed E-state index contributed by atoms with van der Waals surface area (Å²) in [5.74, 6) is -2.19. The maximum atomic E-state index is 13.6. The van der Waals surface area contributed by atoms with Gasteiger partial charge in [-0.05, 0) is 76.0 Å². The number of nitrogens with one attached hydrogen (secondary N) is 3. The second-order valence-corrected chi connectivity index (χ2v) is 21.7. The zero-order valence-corrected chi connectivity index (χ0v) is 39.8. The van der Waals surface area contributed by atoms with Gasteiger partial charge in [0, 0.05) is 64.2 Å². The Bertz CT molecular complexity index is 1960. The molecule has 4 saturated heterocycles. The minimum absolute atomic E-state index is 0.000206. The van der Waals surface area contributed by atoms with Crippen LogP contribution in [-0.2, 0) is 47.6 Å². The maximum absolute atomic E-state index is 13.6. The number of hydrogen-bond donors (Lipinski definition) is 5. The van der Waals surface area contributed by atoms with E-state index in [-0.39, 0.29) is 79.7 Å². The number of esters is 3. The first-order chi connectivity index (χ1) is 32.1. The Hall–Kier alpha value is -3.74. The summed E-state index contributed by atoms with van der Waals surface area (Å²) < 4.78 is 35.3. The van der Waals surface area contributed by atoms with Crippen molar-refractivity contribution in [3.05, 3.63) is 48.6 Å². The van der Waals surface area contributed by atoms with E-state index in [2.05, 4.69) is 42.3 Å². The number of carbonyl (C=O) groups is 5. The van der Waals surface area contributed by atoms with Gasteiger partial charge in [0.15, 0.2) is 0 Å². The summed E-state index contributed by atoms with van der Waals surface area (Å²) in [6.07, 6.45) is 4.10. The van der Waals surface area contributed by atoms with Gasteiger partial charge in [0.1, 0.15) is 18.3 Å². The molecule has 8 rings (SSSR count). The molecule has 5 N–H and O–H groups in total. The Labute approximate surface area is 398 Å². The summed E-state index contributed by atoms with van der Waals surface area (Å²) in [5.41, 5.74) is 0.287. The van der Waals surface area contributed by atoms with Gasteiger partial charge in [0.25, 0.3) is 0 Å². The molecule has 8 aliphatic rings. The lowest BCUT2D eigenvalue weighted by atomic mass is 9.65. The molecule has 0 spiro atoms. The largest absolute Gasteiger partial charge is 0.462 e. The summed E-state index contributed by atoms with van der Waals surface area (Å²) >= 11 is 1.88. The minimum Gasteiger partial charge on any atom is -0.462 e. The van der Waals surface area contributed by atoms with Gasteiger partial charge in [-0.25, -0.2) is 14.4 Å². The molecule has 4 saturated carbocycles. The number of urea groups is 1. The van der Waals surface area contributed by atoms with Crippen molar-refractivity contribution in [2.45, 2.75) is 138 Å². The molecule has 4 heterocycles. The number of thioether (sulfide) groups is 1. The van der Waals surface area contributed by atoms with Gasteiger partial charge in [-0.1, -0.05) is 50.8 Å². The summed E-state index contributed by atoms with van der Waals surface area (Å²) in [6.45, 7) is 21.1. The standard InChI is InChI=1S/C50H71N3O13S/c1-27-10-13-32-30(4)47(58)66-45(32)42-33(27)24-37(54)50(42,60)16-15-49(5)38(25-34-28(2)11-12-31-29(3)46(57)65-44(31)41(34)49)64-40(56)14-18-61-20-22-63-23-21-62-19-17-51-39(55)9-7-6-8-36-43-35(26-67-36)52-48(59)53-43/h31-38,41-45,54,60H,1-4,6-26H2,5H3,(H,51,55)(H2,52,53,59)/t31-,32-,33-,34-,35-,36-,37+,38-,41-,42-,43-,44-,45-,49-,50+/m0/s1. The average molecular weight is 954 g/mol. The van der Waals surface area contributed by atoms with Crippen molar-refractivity contribution in [2.24, 2.45) is 40.9 Å². The molecule has 17 heteroatoms. The van der Waals surface area contributed by atoms with Crippen molar-refractivity contribution in [1.82, 2.24) is 16.0 Å². The van der Waals surface area contributed by atoms with E-state index in [0.717, 1.165) is 36.2 Å². The first-order valence-electron chi connectivity index (χ1n) is 24.5. The highest BCUT2D eigenvalue weighted by molar-refractivity contribution is 8.00. The Kier molecular flexibility index (Phi) is 15.6. The molecule has 16 nitrogen and oxygen atoms in total. The molecule has 0 aromatic carbocycles. The molecule has 4 aliphatic heterocycles. The normalized spacial score (nSPS) is 38.5. The summed E-state index contributed by atoms with van der Waals surface area (Å²) in [6, 6.07) is 0.313. The van der Waals surface area contributed by atoms with Crippen LogP contribution >= 0.6 is 11.8 Å². The van der Waals surface area contributed by atoms with Crippen LogP contribution in [0.5, 0.6) is 0 Å². The van der Waals surface area contributed by atoms with Crippen molar-refractivity contribution in [1.29, 1.82) is 0 Å². The maximum Gasteiger partial charge on any atom is 0.334 e. The lowest BCUT2D eigenvalue weighted by molar-refractivity contribution is -0.166. The van der Waals surface area contributed by atoms with E-state index in [4.69, 9.17) is 28.4 Å². The lowest BCUT2D eigenvalue weighted by Crippen LogP contribution is -2.52. The van der Waals surface area contributed by atoms with Gasteiger partial charge in [0.2, 0.25) is 5.91 Å². The molecule has 8 fully saturated rings. The highest BCUT2D eigenvalue weighted by Crippen LogP contribution is 2.62. The number of aliphatic hydroxyl groups is 2. The lowest BCUT2D eigenvalue weighted by Gasteiger charge is -2.44. The van der Waals surface area contributed by atoms with Crippen molar-refractivity contribution < 1.29 is 62.6 Å². The van der Waals surface area contributed by atoms with Crippen LogP contribution in [0.3, 0.4) is 0 Å². The Balaban J connectivity index is 0.772. The highest BCUT2D eigenvalue weighted by Gasteiger charge is 2.66. The van der Waals surface area contributed by atoms with Crippen LogP contribution in [0.1, 0.15) is 90.4 Å². The first-order valence-corrected chi connectivity index (χ1v) is 25.6. The molecular weight excluding hydrogens is 883 g/mol. The first kappa shape index (κ1) is 49.7.